The van der Waals surface area contributed by atoms with Crippen molar-refractivity contribution < 1.29 is 31.1 Å². The molecule has 0 aliphatic carbocycles. The van der Waals surface area contributed by atoms with Crippen LogP contribution >= 0.6 is 11.6 Å². The van der Waals surface area contributed by atoms with Crippen LogP contribution in [0.5, 0.6) is 0 Å². The van der Waals surface area contributed by atoms with Gasteiger partial charge in [-0.15, -0.1) is 5.10 Å². The Bertz CT molecular complexity index is 1160. The summed E-state index contributed by atoms with van der Waals surface area (Å²) in [5.41, 5.74) is -0.00270. The number of amides is 1. The van der Waals surface area contributed by atoms with Crippen LogP contribution in [0.15, 0.2) is 18.2 Å². The zero-order chi connectivity index (χ0) is 23.1. The van der Waals surface area contributed by atoms with Crippen molar-refractivity contribution in [3.63, 3.8) is 0 Å². The zero-order valence-electron chi connectivity index (χ0n) is 16.0. The Hall–Kier alpha value is -2.89. The molecule has 2 heterocycles. The van der Waals surface area contributed by atoms with Gasteiger partial charge in [0, 0.05) is 23.5 Å². The average Bonchev–Trinajstić information content (AvgIpc) is 3.07. The molecule has 2 aromatic heterocycles. The number of alkyl halides is 6. The van der Waals surface area contributed by atoms with E-state index >= 15 is 0 Å². The lowest BCUT2D eigenvalue weighted by Crippen LogP contribution is -2.15. The fourth-order valence-corrected chi connectivity index (χ4v) is 3.20. The maximum Gasteiger partial charge on any atom is 0.453 e. The molecule has 0 saturated heterocycles. The minimum absolute atomic E-state index is 0.0768. The van der Waals surface area contributed by atoms with Gasteiger partial charge in [-0.1, -0.05) is 11.6 Å². The Labute approximate surface area is 176 Å². The zero-order valence-corrected chi connectivity index (χ0v) is 16.7. The molecule has 3 aromatic rings. The number of nitrogens with zero attached hydrogens (tertiary/aromatic N) is 4. The van der Waals surface area contributed by atoms with Crippen LogP contribution in [0, 0.1) is 13.8 Å². The van der Waals surface area contributed by atoms with E-state index in [2.05, 4.69) is 20.4 Å². The molecule has 0 saturated carbocycles. The highest BCUT2D eigenvalue weighted by molar-refractivity contribution is 6.31. The molecule has 13 heteroatoms. The lowest BCUT2D eigenvalue weighted by atomic mass is 10.1. The Kier molecular flexibility index (Phi) is 5.87. The van der Waals surface area contributed by atoms with E-state index < -0.39 is 34.7 Å². The fraction of sp³-hybridized carbons (Fsp3) is 0.333. The molecule has 6 nitrogen and oxygen atoms in total. The summed E-state index contributed by atoms with van der Waals surface area (Å²) >= 11 is 5.55. The topological polar surface area (TPSA) is 72.2 Å². The van der Waals surface area contributed by atoms with Crippen molar-refractivity contribution >= 4 is 29.0 Å². The molecule has 3 rings (SSSR count). The number of hydrogen-bond donors (Lipinski definition) is 1. The number of rotatable bonds is 4. The van der Waals surface area contributed by atoms with Crippen molar-refractivity contribution in [2.45, 2.75) is 39.0 Å². The van der Waals surface area contributed by atoms with E-state index in [4.69, 9.17) is 11.6 Å². The number of aromatic nitrogens is 4. The second-order valence-corrected chi connectivity index (χ2v) is 7.05. The summed E-state index contributed by atoms with van der Waals surface area (Å²) in [6.45, 7) is 3.07. The molecule has 1 N–H and O–H groups in total. The molecule has 0 bridgehead atoms. The van der Waals surface area contributed by atoms with Gasteiger partial charge in [-0.05, 0) is 44.0 Å². The van der Waals surface area contributed by atoms with E-state index in [1.165, 1.54) is 13.0 Å². The normalized spacial score (nSPS) is 12.4. The molecule has 31 heavy (non-hydrogen) atoms. The molecular formula is C18H14ClF6N5O. The molecule has 0 unspecified atom stereocenters. The van der Waals surface area contributed by atoms with Gasteiger partial charge in [0.2, 0.25) is 5.91 Å². The summed E-state index contributed by atoms with van der Waals surface area (Å²) in [4.78, 5) is 19.6. The number of benzene rings is 1. The van der Waals surface area contributed by atoms with Gasteiger partial charge < -0.3 is 5.32 Å². The highest BCUT2D eigenvalue weighted by Crippen LogP contribution is 2.36. The van der Waals surface area contributed by atoms with Gasteiger partial charge in [0.05, 0.1) is 10.6 Å². The minimum Gasteiger partial charge on any atom is -0.326 e. The molecule has 0 aliphatic heterocycles. The summed E-state index contributed by atoms with van der Waals surface area (Å²) < 4.78 is 78.3. The van der Waals surface area contributed by atoms with Gasteiger partial charge in [0.25, 0.3) is 11.6 Å². The average molecular weight is 466 g/mol. The second-order valence-electron chi connectivity index (χ2n) is 6.65. The van der Waals surface area contributed by atoms with Crippen molar-refractivity contribution in [1.82, 2.24) is 19.6 Å². The molecular weight excluding hydrogens is 452 g/mol. The van der Waals surface area contributed by atoms with Crippen molar-refractivity contribution in [3.8, 4) is 0 Å². The van der Waals surface area contributed by atoms with Crippen LogP contribution in [0.4, 0.5) is 32.0 Å². The Balaban J connectivity index is 1.77. The van der Waals surface area contributed by atoms with Gasteiger partial charge >= 0.3 is 12.4 Å². The quantitative estimate of drug-likeness (QED) is 0.550. The largest absolute Gasteiger partial charge is 0.453 e. The van der Waals surface area contributed by atoms with Crippen LogP contribution in [0.25, 0.3) is 5.78 Å². The van der Waals surface area contributed by atoms with Gasteiger partial charge in [-0.2, -0.15) is 31.3 Å². The molecule has 0 spiro atoms. The SMILES string of the molecule is Cc1nc2nc(C(F)(F)F)nn2c(C)c1CCC(=O)Nc1ccc(Cl)c(C(F)(F)F)c1. The molecule has 1 amide bonds. The van der Waals surface area contributed by atoms with Crippen LogP contribution in [0.1, 0.15) is 34.8 Å². The Morgan fingerprint density at radius 1 is 1.10 bits per heavy atom. The lowest BCUT2D eigenvalue weighted by Gasteiger charge is -2.13. The van der Waals surface area contributed by atoms with Gasteiger partial charge in [0.1, 0.15) is 0 Å². The number of hydrogen-bond acceptors (Lipinski definition) is 4. The second kappa shape index (κ2) is 7.98. The van der Waals surface area contributed by atoms with Gasteiger partial charge in [-0.3, -0.25) is 4.79 Å². The summed E-state index contributed by atoms with van der Waals surface area (Å²) in [6.07, 6.45) is -9.49. The molecule has 0 radical (unpaired) electrons. The lowest BCUT2D eigenvalue weighted by molar-refractivity contribution is -0.144. The first-order valence-corrected chi connectivity index (χ1v) is 9.12. The van der Waals surface area contributed by atoms with Crippen LogP contribution in [-0.4, -0.2) is 25.5 Å². The van der Waals surface area contributed by atoms with E-state index in [1.807, 2.05) is 0 Å². The molecule has 166 valence electrons. The van der Waals surface area contributed by atoms with Gasteiger partial charge in [-0.25, -0.2) is 9.50 Å². The maximum absolute atomic E-state index is 12.9. The molecule has 0 fully saturated rings. The van der Waals surface area contributed by atoms with Crippen LogP contribution in [0.3, 0.4) is 0 Å². The van der Waals surface area contributed by atoms with Crippen LogP contribution < -0.4 is 5.32 Å². The number of anilines is 1. The number of carbonyl (C=O) groups is 1. The maximum atomic E-state index is 12.9. The Morgan fingerprint density at radius 2 is 1.77 bits per heavy atom. The monoisotopic (exact) mass is 465 g/mol. The number of carbonyl (C=O) groups excluding carboxylic acids is 1. The number of halogens is 7. The van der Waals surface area contributed by atoms with E-state index in [1.54, 1.807) is 6.92 Å². The number of nitrogens with one attached hydrogen (secondary N) is 1. The van der Waals surface area contributed by atoms with Crippen molar-refractivity contribution in [1.29, 1.82) is 0 Å². The first-order chi connectivity index (χ1) is 14.3. The third kappa shape index (κ3) is 4.89. The van der Waals surface area contributed by atoms with E-state index in [0.29, 0.717) is 17.0 Å². The number of fused-ring (bicyclic) bond motifs is 1. The Morgan fingerprint density at radius 3 is 2.39 bits per heavy atom. The van der Waals surface area contributed by atoms with E-state index in [9.17, 15) is 31.1 Å². The summed E-state index contributed by atoms with van der Waals surface area (Å²) in [5.74, 6) is -2.15. The van der Waals surface area contributed by atoms with Gasteiger partial charge in [0.15, 0.2) is 0 Å². The van der Waals surface area contributed by atoms with Crippen LogP contribution in [0.2, 0.25) is 5.02 Å². The number of aryl methyl sites for hydroxylation is 2. The minimum atomic E-state index is -4.73. The summed E-state index contributed by atoms with van der Waals surface area (Å²) in [7, 11) is 0. The summed E-state index contributed by atoms with van der Waals surface area (Å²) in [5, 5.41) is 5.27. The smallest absolute Gasteiger partial charge is 0.326 e. The summed E-state index contributed by atoms with van der Waals surface area (Å²) in [6, 6.07) is 2.97. The third-order valence-corrected chi connectivity index (χ3v) is 4.79. The highest BCUT2D eigenvalue weighted by atomic mass is 35.5. The van der Waals surface area contributed by atoms with E-state index in [0.717, 1.165) is 16.6 Å². The first kappa shape index (κ1) is 22.8. The molecule has 1 aromatic carbocycles. The van der Waals surface area contributed by atoms with Crippen molar-refractivity contribution in [3.05, 3.63) is 51.6 Å². The van der Waals surface area contributed by atoms with Crippen LogP contribution in [-0.2, 0) is 23.6 Å². The molecule has 0 aliphatic rings. The van der Waals surface area contributed by atoms with Crippen molar-refractivity contribution in [2.75, 3.05) is 5.32 Å². The van der Waals surface area contributed by atoms with E-state index in [-0.39, 0.29) is 24.3 Å². The fourth-order valence-electron chi connectivity index (χ4n) is 2.97. The predicted molar refractivity (Wildman–Crippen MR) is 98.7 cm³/mol. The standard InChI is InChI=1S/C18H14ClF6N5O/c1-8-11(9(2)30-16(26-8)28-15(29-30)18(23,24)25)4-6-14(31)27-10-3-5-13(19)12(7-10)17(20,21)22/h3,5,7H,4,6H2,1-2H3,(H,27,31). The highest BCUT2D eigenvalue weighted by Gasteiger charge is 2.37. The first-order valence-electron chi connectivity index (χ1n) is 8.74. The predicted octanol–water partition coefficient (Wildman–Crippen LogP) is 5.00. The van der Waals surface area contributed by atoms with Crippen molar-refractivity contribution in [2.24, 2.45) is 0 Å². The molecule has 0 atom stereocenters. The third-order valence-electron chi connectivity index (χ3n) is 4.46.